The van der Waals surface area contributed by atoms with Crippen molar-refractivity contribution in [3.8, 4) is 0 Å². The second kappa shape index (κ2) is 5.74. The number of carbonyl (C=O) groups is 1. The molecule has 1 amide bonds. The molecular weight excluding hydrogens is 272 g/mol. The van der Waals surface area contributed by atoms with Crippen molar-refractivity contribution in [1.82, 2.24) is 5.32 Å². The maximum atomic E-state index is 12.2. The van der Waals surface area contributed by atoms with E-state index in [1.54, 1.807) is 0 Å². The highest BCUT2D eigenvalue weighted by atomic mass is 35.5. The standard InChI is InChI=1S/C16H23ClN2O/c1-15(2,12-5-7-13(17)8-6-12)11-19-14(20)16(18)9-3-4-10-16/h5-8H,3-4,9-11,18H2,1-2H3,(H,19,20). The van der Waals surface area contributed by atoms with E-state index in [4.69, 9.17) is 17.3 Å². The monoisotopic (exact) mass is 294 g/mol. The highest BCUT2D eigenvalue weighted by Crippen LogP contribution is 2.28. The molecule has 110 valence electrons. The number of halogens is 1. The number of amides is 1. The summed E-state index contributed by atoms with van der Waals surface area (Å²) in [6.45, 7) is 4.79. The van der Waals surface area contributed by atoms with Gasteiger partial charge in [0, 0.05) is 17.0 Å². The Labute approximate surface area is 125 Å². The minimum Gasteiger partial charge on any atom is -0.354 e. The minimum atomic E-state index is -0.657. The first-order valence-electron chi connectivity index (χ1n) is 7.17. The van der Waals surface area contributed by atoms with Gasteiger partial charge >= 0.3 is 0 Å². The van der Waals surface area contributed by atoms with Crippen LogP contribution in [0.5, 0.6) is 0 Å². The summed E-state index contributed by atoms with van der Waals surface area (Å²) in [4.78, 5) is 12.2. The third kappa shape index (κ3) is 3.33. The van der Waals surface area contributed by atoms with Crippen LogP contribution in [0.3, 0.4) is 0 Å². The molecule has 4 heteroatoms. The van der Waals surface area contributed by atoms with Crippen LogP contribution in [0.2, 0.25) is 5.02 Å². The van der Waals surface area contributed by atoms with E-state index in [9.17, 15) is 4.79 Å². The lowest BCUT2D eigenvalue weighted by atomic mass is 9.84. The molecule has 0 aromatic heterocycles. The van der Waals surface area contributed by atoms with Crippen LogP contribution in [0.25, 0.3) is 0 Å². The lowest BCUT2D eigenvalue weighted by Gasteiger charge is -2.29. The Morgan fingerprint density at radius 2 is 1.85 bits per heavy atom. The molecule has 3 N–H and O–H groups in total. The van der Waals surface area contributed by atoms with Gasteiger partial charge < -0.3 is 11.1 Å². The summed E-state index contributed by atoms with van der Waals surface area (Å²) in [5, 5.41) is 3.74. The molecule has 1 saturated carbocycles. The number of hydrogen-bond acceptors (Lipinski definition) is 2. The molecule has 0 spiro atoms. The van der Waals surface area contributed by atoms with Crippen LogP contribution < -0.4 is 11.1 Å². The zero-order chi connectivity index (χ0) is 14.8. The van der Waals surface area contributed by atoms with Gasteiger partial charge in [-0.05, 0) is 30.5 Å². The number of benzene rings is 1. The first-order valence-corrected chi connectivity index (χ1v) is 7.55. The number of nitrogens with one attached hydrogen (secondary N) is 1. The van der Waals surface area contributed by atoms with E-state index < -0.39 is 5.54 Å². The second-order valence-electron chi connectivity index (χ2n) is 6.44. The Morgan fingerprint density at radius 3 is 2.40 bits per heavy atom. The van der Waals surface area contributed by atoms with Crippen molar-refractivity contribution < 1.29 is 4.79 Å². The number of hydrogen-bond donors (Lipinski definition) is 2. The molecule has 0 bridgehead atoms. The minimum absolute atomic E-state index is 0.0166. The smallest absolute Gasteiger partial charge is 0.240 e. The van der Waals surface area contributed by atoms with Crippen molar-refractivity contribution in [2.24, 2.45) is 5.73 Å². The fourth-order valence-electron chi connectivity index (χ4n) is 2.71. The highest BCUT2D eigenvalue weighted by molar-refractivity contribution is 6.30. The predicted octanol–water partition coefficient (Wildman–Crippen LogP) is 3.01. The maximum absolute atomic E-state index is 12.2. The Balaban J connectivity index is 1.98. The summed E-state index contributed by atoms with van der Waals surface area (Å²) in [5.41, 5.74) is 6.51. The summed E-state index contributed by atoms with van der Waals surface area (Å²) in [5.74, 6) is -0.0166. The molecular formula is C16H23ClN2O. The van der Waals surface area contributed by atoms with Crippen molar-refractivity contribution in [1.29, 1.82) is 0 Å². The zero-order valence-corrected chi connectivity index (χ0v) is 13.0. The fourth-order valence-corrected chi connectivity index (χ4v) is 2.84. The van der Waals surface area contributed by atoms with Crippen LogP contribution in [-0.4, -0.2) is 18.0 Å². The van der Waals surface area contributed by atoms with Crippen molar-refractivity contribution in [3.05, 3.63) is 34.9 Å². The predicted molar refractivity (Wildman–Crippen MR) is 82.9 cm³/mol. The average Bonchev–Trinajstić information content (AvgIpc) is 2.85. The summed E-state index contributed by atoms with van der Waals surface area (Å²) in [6.07, 6.45) is 3.68. The Kier molecular flexibility index (Phi) is 4.40. The van der Waals surface area contributed by atoms with Gasteiger partial charge in [0.1, 0.15) is 0 Å². The van der Waals surface area contributed by atoms with Gasteiger partial charge in [-0.2, -0.15) is 0 Å². The molecule has 1 fully saturated rings. The summed E-state index contributed by atoms with van der Waals surface area (Å²) < 4.78 is 0. The van der Waals surface area contributed by atoms with Crippen molar-refractivity contribution in [2.45, 2.75) is 50.5 Å². The van der Waals surface area contributed by atoms with Gasteiger partial charge in [-0.1, -0.05) is 50.4 Å². The van der Waals surface area contributed by atoms with E-state index in [0.29, 0.717) is 6.54 Å². The Bertz CT molecular complexity index is 476. The summed E-state index contributed by atoms with van der Waals surface area (Å²) in [6, 6.07) is 7.76. The Hall–Kier alpha value is -1.06. The molecule has 0 heterocycles. The first-order chi connectivity index (χ1) is 9.33. The second-order valence-corrected chi connectivity index (χ2v) is 6.87. The molecule has 0 atom stereocenters. The first kappa shape index (κ1) is 15.3. The average molecular weight is 295 g/mol. The Morgan fingerprint density at radius 1 is 1.30 bits per heavy atom. The third-order valence-corrected chi connectivity index (χ3v) is 4.52. The molecule has 0 aliphatic heterocycles. The molecule has 1 aromatic rings. The molecule has 1 aliphatic carbocycles. The third-order valence-electron chi connectivity index (χ3n) is 4.26. The lowest BCUT2D eigenvalue weighted by molar-refractivity contribution is -0.126. The molecule has 1 aliphatic rings. The van der Waals surface area contributed by atoms with E-state index in [-0.39, 0.29) is 11.3 Å². The quantitative estimate of drug-likeness (QED) is 0.897. The largest absolute Gasteiger partial charge is 0.354 e. The zero-order valence-electron chi connectivity index (χ0n) is 12.2. The van der Waals surface area contributed by atoms with Gasteiger partial charge in [0.2, 0.25) is 5.91 Å². The van der Waals surface area contributed by atoms with Crippen LogP contribution >= 0.6 is 11.6 Å². The molecule has 2 rings (SSSR count). The van der Waals surface area contributed by atoms with Crippen LogP contribution in [0.15, 0.2) is 24.3 Å². The maximum Gasteiger partial charge on any atom is 0.240 e. The van der Waals surface area contributed by atoms with Crippen molar-refractivity contribution in [3.63, 3.8) is 0 Å². The van der Waals surface area contributed by atoms with Gasteiger partial charge in [0.25, 0.3) is 0 Å². The molecule has 20 heavy (non-hydrogen) atoms. The van der Waals surface area contributed by atoms with Crippen LogP contribution in [0.4, 0.5) is 0 Å². The van der Waals surface area contributed by atoms with E-state index in [1.807, 2.05) is 24.3 Å². The van der Waals surface area contributed by atoms with Gasteiger partial charge in [-0.25, -0.2) is 0 Å². The van der Waals surface area contributed by atoms with Crippen molar-refractivity contribution in [2.75, 3.05) is 6.54 Å². The fraction of sp³-hybridized carbons (Fsp3) is 0.562. The SMILES string of the molecule is CC(C)(CNC(=O)C1(N)CCCC1)c1ccc(Cl)cc1. The normalized spacial score (nSPS) is 18.0. The highest BCUT2D eigenvalue weighted by Gasteiger charge is 2.37. The van der Waals surface area contributed by atoms with Crippen molar-refractivity contribution >= 4 is 17.5 Å². The topological polar surface area (TPSA) is 55.1 Å². The van der Waals surface area contributed by atoms with Gasteiger partial charge in [0.15, 0.2) is 0 Å². The number of nitrogens with two attached hydrogens (primary N) is 1. The molecule has 1 aromatic carbocycles. The van der Waals surface area contributed by atoms with E-state index >= 15 is 0 Å². The van der Waals surface area contributed by atoms with Gasteiger partial charge in [-0.3, -0.25) is 4.79 Å². The van der Waals surface area contributed by atoms with E-state index in [1.165, 1.54) is 0 Å². The van der Waals surface area contributed by atoms with Crippen LogP contribution in [-0.2, 0) is 10.2 Å². The number of carbonyl (C=O) groups excluding carboxylic acids is 1. The van der Waals surface area contributed by atoms with Crippen LogP contribution in [0, 0.1) is 0 Å². The summed E-state index contributed by atoms with van der Waals surface area (Å²) in [7, 11) is 0. The molecule has 0 radical (unpaired) electrons. The van der Waals surface area contributed by atoms with E-state index in [2.05, 4.69) is 19.2 Å². The van der Waals surface area contributed by atoms with E-state index in [0.717, 1.165) is 36.3 Å². The van der Waals surface area contributed by atoms with Gasteiger partial charge in [0.05, 0.1) is 5.54 Å². The molecule has 3 nitrogen and oxygen atoms in total. The molecule has 0 unspecified atom stereocenters. The molecule has 0 saturated heterocycles. The van der Waals surface area contributed by atoms with Gasteiger partial charge in [-0.15, -0.1) is 0 Å². The summed E-state index contributed by atoms with van der Waals surface area (Å²) >= 11 is 5.91. The number of rotatable bonds is 4. The van der Waals surface area contributed by atoms with Crippen LogP contribution in [0.1, 0.15) is 45.1 Å². The lowest BCUT2D eigenvalue weighted by Crippen LogP contribution is -2.53.